The van der Waals surface area contributed by atoms with Crippen LogP contribution in [0.15, 0.2) is 66.2 Å². The van der Waals surface area contributed by atoms with Crippen molar-refractivity contribution in [2.24, 2.45) is 0 Å². The van der Waals surface area contributed by atoms with E-state index in [4.69, 9.17) is 14.2 Å². The quantitative estimate of drug-likeness (QED) is 0.294. The standard InChI is InChI=1S/C29H27NO6/c1-16(2)36-22-10-8-20(13-18(22)4)27(31)25-26(19-7-5-6-17(3)12-19)30(29(33)28(25)32)21-9-11-23-24(14-21)35-15-34-23/h5-14,16,26,31H,15H2,1-4H3/b27-25+. The zero-order valence-corrected chi connectivity index (χ0v) is 20.6. The molecule has 7 heteroatoms. The minimum Gasteiger partial charge on any atom is -0.507 e. The Morgan fingerprint density at radius 3 is 2.50 bits per heavy atom. The van der Waals surface area contributed by atoms with Crippen LogP contribution in [-0.4, -0.2) is 29.7 Å². The molecule has 0 spiro atoms. The van der Waals surface area contributed by atoms with Crippen molar-refractivity contribution in [3.8, 4) is 17.2 Å². The summed E-state index contributed by atoms with van der Waals surface area (Å²) in [6.45, 7) is 7.78. The summed E-state index contributed by atoms with van der Waals surface area (Å²) in [5, 5.41) is 11.4. The van der Waals surface area contributed by atoms with Gasteiger partial charge in [-0.05, 0) is 69.2 Å². The van der Waals surface area contributed by atoms with E-state index < -0.39 is 17.7 Å². The second kappa shape index (κ2) is 9.07. The maximum atomic E-state index is 13.4. The van der Waals surface area contributed by atoms with Crippen molar-refractivity contribution in [3.63, 3.8) is 0 Å². The molecular weight excluding hydrogens is 458 g/mol. The number of carbonyl (C=O) groups excluding carboxylic acids is 2. The topological polar surface area (TPSA) is 85.3 Å². The smallest absolute Gasteiger partial charge is 0.300 e. The minimum atomic E-state index is -0.822. The third kappa shape index (κ3) is 4.06. The van der Waals surface area contributed by atoms with Gasteiger partial charge in [0.15, 0.2) is 11.5 Å². The Kier molecular flexibility index (Phi) is 5.92. The zero-order chi connectivity index (χ0) is 25.6. The molecule has 0 aromatic heterocycles. The lowest BCUT2D eigenvalue weighted by Crippen LogP contribution is -2.29. The molecule has 184 valence electrons. The Morgan fingerprint density at radius 2 is 1.78 bits per heavy atom. The largest absolute Gasteiger partial charge is 0.507 e. The van der Waals surface area contributed by atoms with Crippen molar-refractivity contribution in [1.29, 1.82) is 0 Å². The summed E-state index contributed by atoms with van der Waals surface area (Å²) in [6.07, 6.45) is -0.00325. The monoisotopic (exact) mass is 485 g/mol. The number of nitrogens with zero attached hydrogens (tertiary/aromatic N) is 1. The van der Waals surface area contributed by atoms with Crippen LogP contribution in [0.25, 0.3) is 5.76 Å². The molecule has 2 aliphatic rings. The molecule has 1 atom stereocenters. The summed E-state index contributed by atoms with van der Waals surface area (Å²) in [5.41, 5.74) is 3.43. The lowest BCUT2D eigenvalue weighted by atomic mass is 9.93. The first-order chi connectivity index (χ1) is 17.2. The molecule has 1 N–H and O–H groups in total. The van der Waals surface area contributed by atoms with E-state index in [2.05, 4.69) is 0 Å². The van der Waals surface area contributed by atoms with Gasteiger partial charge in [-0.25, -0.2) is 0 Å². The third-order valence-electron chi connectivity index (χ3n) is 6.25. The normalized spacial score (nSPS) is 18.2. The van der Waals surface area contributed by atoms with Crippen LogP contribution in [0.5, 0.6) is 17.2 Å². The van der Waals surface area contributed by atoms with Crippen LogP contribution >= 0.6 is 0 Å². The van der Waals surface area contributed by atoms with Gasteiger partial charge in [-0.3, -0.25) is 14.5 Å². The second-order valence-corrected chi connectivity index (χ2v) is 9.27. The molecule has 0 bridgehead atoms. The number of ether oxygens (including phenoxy) is 3. The number of hydrogen-bond acceptors (Lipinski definition) is 6. The van der Waals surface area contributed by atoms with Crippen molar-refractivity contribution in [2.75, 3.05) is 11.7 Å². The number of amides is 1. The number of fused-ring (bicyclic) bond motifs is 1. The fourth-order valence-corrected chi connectivity index (χ4v) is 4.63. The first-order valence-corrected chi connectivity index (χ1v) is 11.8. The highest BCUT2D eigenvalue weighted by molar-refractivity contribution is 6.51. The van der Waals surface area contributed by atoms with Crippen molar-refractivity contribution in [2.45, 2.75) is 39.8 Å². The molecule has 1 fully saturated rings. The number of aryl methyl sites for hydroxylation is 2. The summed E-state index contributed by atoms with van der Waals surface area (Å²) >= 11 is 0. The van der Waals surface area contributed by atoms with Crippen LogP contribution < -0.4 is 19.1 Å². The van der Waals surface area contributed by atoms with Gasteiger partial charge in [-0.15, -0.1) is 0 Å². The molecule has 1 unspecified atom stereocenters. The third-order valence-corrected chi connectivity index (χ3v) is 6.25. The fraction of sp³-hybridized carbons (Fsp3) is 0.241. The predicted octanol–water partition coefficient (Wildman–Crippen LogP) is 5.45. The van der Waals surface area contributed by atoms with Crippen molar-refractivity contribution in [3.05, 3.63) is 88.5 Å². The van der Waals surface area contributed by atoms with Gasteiger partial charge in [-0.1, -0.05) is 29.8 Å². The number of aliphatic hydroxyl groups excluding tert-OH is 1. The number of aliphatic hydroxyl groups is 1. The highest BCUT2D eigenvalue weighted by Gasteiger charge is 2.47. The van der Waals surface area contributed by atoms with Crippen LogP contribution in [0.3, 0.4) is 0 Å². The molecule has 7 nitrogen and oxygen atoms in total. The Bertz CT molecular complexity index is 1410. The second-order valence-electron chi connectivity index (χ2n) is 9.27. The summed E-state index contributed by atoms with van der Waals surface area (Å²) in [4.78, 5) is 28.2. The number of anilines is 1. The highest BCUT2D eigenvalue weighted by Crippen LogP contribution is 2.45. The van der Waals surface area contributed by atoms with Crippen LogP contribution in [-0.2, 0) is 9.59 Å². The first-order valence-electron chi connectivity index (χ1n) is 11.8. The highest BCUT2D eigenvalue weighted by atomic mass is 16.7. The lowest BCUT2D eigenvalue weighted by Gasteiger charge is -2.26. The van der Waals surface area contributed by atoms with E-state index in [9.17, 15) is 14.7 Å². The molecule has 0 saturated carbocycles. The average Bonchev–Trinajstić information content (AvgIpc) is 3.41. The molecular formula is C29H27NO6. The molecule has 2 heterocycles. The van der Waals surface area contributed by atoms with E-state index in [1.807, 2.05) is 52.0 Å². The van der Waals surface area contributed by atoms with Gasteiger partial charge in [-0.2, -0.15) is 0 Å². The van der Waals surface area contributed by atoms with E-state index in [0.717, 1.165) is 11.1 Å². The predicted molar refractivity (Wildman–Crippen MR) is 135 cm³/mol. The van der Waals surface area contributed by atoms with Gasteiger partial charge < -0.3 is 19.3 Å². The van der Waals surface area contributed by atoms with E-state index >= 15 is 0 Å². The first kappa shape index (κ1) is 23.5. The molecule has 0 aliphatic carbocycles. The van der Waals surface area contributed by atoms with Gasteiger partial charge in [0, 0.05) is 17.3 Å². The number of rotatable bonds is 5. The maximum Gasteiger partial charge on any atom is 0.300 e. The van der Waals surface area contributed by atoms with Crippen molar-refractivity contribution < 1.29 is 28.9 Å². The van der Waals surface area contributed by atoms with E-state index in [1.165, 1.54) is 4.90 Å². The number of benzene rings is 3. The van der Waals surface area contributed by atoms with Gasteiger partial charge in [0.1, 0.15) is 11.5 Å². The van der Waals surface area contributed by atoms with Gasteiger partial charge in [0.2, 0.25) is 6.79 Å². The van der Waals surface area contributed by atoms with Gasteiger partial charge in [0.25, 0.3) is 11.7 Å². The number of hydrogen-bond donors (Lipinski definition) is 1. The summed E-state index contributed by atoms with van der Waals surface area (Å²) in [6, 6.07) is 17.1. The molecule has 5 rings (SSSR count). The fourth-order valence-electron chi connectivity index (χ4n) is 4.63. The Balaban J connectivity index is 1.66. The number of carbonyl (C=O) groups is 2. The molecule has 0 radical (unpaired) electrons. The average molecular weight is 486 g/mol. The van der Waals surface area contributed by atoms with Crippen molar-refractivity contribution >= 4 is 23.1 Å². The zero-order valence-electron chi connectivity index (χ0n) is 20.6. The number of ketones is 1. The van der Waals surface area contributed by atoms with Crippen molar-refractivity contribution in [1.82, 2.24) is 0 Å². The molecule has 36 heavy (non-hydrogen) atoms. The van der Waals surface area contributed by atoms with E-state index in [0.29, 0.717) is 34.1 Å². The molecule has 3 aromatic rings. The van der Waals surface area contributed by atoms with Crippen LogP contribution in [0.1, 0.15) is 42.1 Å². The van der Waals surface area contributed by atoms with Gasteiger partial charge in [0.05, 0.1) is 17.7 Å². The minimum absolute atomic E-state index is 0.00325. The SMILES string of the molecule is Cc1cccc(C2/C(=C(\O)c3ccc(OC(C)C)c(C)c3)C(=O)C(=O)N2c2ccc3c(c2)OCO3)c1. The van der Waals surface area contributed by atoms with Crippen LogP contribution in [0, 0.1) is 13.8 Å². The van der Waals surface area contributed by atoms with Crippen LogP contribution in [0.4, 0.5) is 5.69 Å². The summed E-state index contributed by atoms with van der Waals surface area (Å²) in [5.74, 6) is 0.0468. The van der Waals surface area contributed by atoms with E-state index in [1.54, 1.807) is 36.4 Å². The lowest BCUT2D eigenvalue weighted by molar-refractivity contribution is -0.132. The molecule has 1 saturated heterocycles. The van der Waals surface area contributed by atoms with Gasteiger partial charge >= 0.3 is 0 Å². The summed E-state index contributed by atoms with van der Waals surface area (Å²) < 4.78 is 16.7. The molecule has 2 aliphatic heterocycles. The Hall–Kier alpha value is -4.26. The Labute approximate surface area is 209 Å². The summed E-state index contributed by atoms with van der Waals surface area (Å²) in [7, 11) is 0. The molecule has 1 amide bonds. The number of Topliss-reactive ketones (excluding diaryl/α,β-unsaturated/α-hetero) is 1. The maximum absolute atomic E-state index is 13.4. The Morgan fingerprint density at radius 1 is 1.00 bits per heavy atom. The molecule has 3 aromatic carbocycles. The van der Waals surface area contributed by atoms with E-state index in [-0.39, 0.29) is 24.2 Å². The van der Waals surface area contributed by atoms with Crippen LogP contribution in [0.2, 0.25) is 0 Å².